The quantitative estimate of drug-likeness (QED) is 0.864. The van der Waals surface area contributed by atoms with E-state index in [2.05, 4.69) is 19.9 Å². The average molecular weight is 317 g/mol. The first kappa shape index (κ1) is 14.9. The van der Waals surface area contributed by atoms with Gasteiger partial charge in [0, 0.05) is 56.6 Å². The van der Waals surface area contributed by atoms with Gasteiger partial charge in [-0.25, -0.2) is 15.0 Å². The first-order chi connectivity index (χ1) is 10.8. The van der Waals surface area contributed by atoms with E-state index in [1.54, 1.807) is 23.7 Å². The van der Waals surface area contributed by atoms with Gasteiger partial charge in [-0.2, -0.15) is 0 Å². The summed E-state index contributed by atoms with van der Waals surface area (Å²) in [5, 5.41) is 3.01. The third kappa shape index (κ3) is 3.24. The van der Waals surface area contributed by atoms with Gasteiger partial charge in [0.2, 0.25) is 0 Å². The predicted molar refractivity (Wildman–Crippen MR) is 86.3 cm³/mol. The Morgan fingerprint density at radius 2 is 2.00 bits per heavy atom. The van der Waals surface area contributed by atoms with Gasteiger partial charge in [-0.3, -0.25) is 4.79 Å². The molecule has 0 radical (unpaired) electrons. The average Bonchev–Trinajstić information content (AvgIpc) is 2.99. The highest BCUT2D eigenvalue weighted by molar-refractivity contribution is 7.13. The second kappa shape index (κ2) is 6.83. The maximum atomic E-state index is 12.6. The molecular weight excluding hydrogens is 298 g/mol. The fraction of sp³-hybridized carbons (Fsp3) is 0.467. The summed E-state index contributed by atoms with van der Waals surface area (Å²) in [7, 11) is 0. The molecule has 2 aromatic rings. The maximum Gasteiger partial charge on any atom is 0.257 e. The Morgan fingerprint density at radius 1 is 1.18 bits per heavy atom. The molecule has 1 amide bonds. The summed E-state index contributed by atoms with van der Waals surface area (Å²) in [6.45, 7) is 5.21. The van der Waals surface area contributed by atoms with Crippen LogP contribution in [0.4, 0.5) is 5.13 Å². The van der Waals surface area contributed by atoms with Crippen molar-refractivity contribution in [2.75, 3.05) is 31.1 Å². The number of aryl methyl sites for hydroxylation is 1. The Kier molecular flexibility index (Phi) is 4.62. The molecule has 116 valence electrons. The molecule has 0 N–H and O–H groups in total. The summed E-state index contributed by atoms with van der Waals surface area (Å²) in [5.74, 6) is 0.783. The van der Waals surface area contributed by atoms with E-state index in [1.807, 2.05) is 23.4 Å². The molecule has 1 aliphatic rings. The fourth-order valence-corrected chi connectivity index (χ4v) is 3.21. The highest BCUT2D eigenvalue weighted by Gasteiger charge is 2.21. The van der Waals surface area contributed by atoms with Crippen LogP contribution in [0.25, 0.3) is 0 Å². The topological polar surface area (TPSA) is 62.2 Å². The molecule has 1 saturated heterocycles. The van der Waals surface area contributed by atoms with Crippen LogP contribution in [0.15, 0.2) is 24.0 Å². The number of nitrogens with zero attached hydrogens (tertiary/aromatic N) is 5. The van der Waals surface area contributed by atoms with Crippen LogP contribution in [0.5, 0.6) is 0 Å². The van der Waals surface area contributed by atoms with Crippen LogP contribution in [0.1, 0.15) is 29.5 Å². The summed E-state index contributed by atoms with van der Waals surface area (Å²) in [5.41, 5.74) is 0.569. The van der Waals surface area contributed by atoms with E-state index < -0.39 is 0 Å². The van der Waals surface area contributed by atoms with Gasteiger partial charge < -0.3 is 9.80 Å². The summed E-state index contributed by atoms with van der Waals surface area (Å²) in [6.07, 6.45) is 6.82. The van der Waals surface area contributed by atoms with Gasteiger partial charge in [-0.05, 0) is 6.42 Å². The lowest BCUT2D eigenvalue weighted by Gasteiger charge is -2.21. The Bertz CT molecular complexity index is 613. The van der Waals surface area contributed by atoms with Gasteiger partial charge in [0.05, 0.1) is 5.56 Å². The van der Waals surface area contributed by atoms with Crippen molar-refractivity contribution in [3.63, 3.8) is 0 Å². The van der Waals surface area contributed by atoms with Gasteiger partial charge in [-0.1, -0.05) is 6.92 Å². The van der Waals surface area contributed by atoms with E-state index in [0.29, 0.717) is 12.1 Å². The highest BCUT2D eigenvalue weighted by atomic mass is 32.1. The fourth-order valence-electron chi connectivity index (χ4n) is 2.51. The zero-order chi connectivity index (χ0) is 15.4. The number of anilines is 1. The van der Waals surface area contributed by atoms with Gasteiger partial charge >= 0.3 is 0 Å². The molecule has 3 heterocycles. The molecule has 6 nitrogen and oxygen atoms in total. The van der Waals surface area contributed by atoms with Crippen LogP contribution in [-0.4, -0.2) is 51.9 Å². The van der Waals surface area contributed by atoms with Crippen molar-refractivity contribution < 1.29 is 4.79 Å². The molecule has 1 aliphatic heterocycles. The van der Waals surface area contributed by atoms with Crippen molar-refractivity contribution in [1.29, 1.82) is 0 Å². The first-order valence-corrected chi connectivity index (χ1v) is 8.40. The normalized spacial score (nSPS) is 15.7. The lowest BCUT2D eigenvalue weighted by molar-refractivity contribution is 0.0766. The molecule has 0 aliphatic carbocycles. The highest BCUT2D eigenvalue weighted by Crippen LogP contribution is 2.19. The van der Waals surface area contributed by atoms with Crippen LogP contribution >= 0.6 is 11.3 Å². The third-order valence-electron chi connectivity index (χ3n) is 3.74. The number of hydrogen-bond acceptors (Lipinski definition) is 6. The van der Waals surface area contributed by atoms with Gasteiger partial charge in [0.1, 0.15) is 5.82 Å². The molecule has 0 unspecified atom stereocenters. The Balaban J connectivity index is 1.66. The number of aromatic nitrogens is 3. The predicted octanol–water partition coefficient (Wildman–Crippen LogP) is 1.85. The summed E-state index contributed by atoms with van der Waals surface area (Å²) in [6, 6.07) is 0. The molecule has 0 aromatic carbocycles. The van der Waals surface area contributed by atoms with E-state index >= 15 is 0 Å². The minimum Gasteiger partial charge on any atom is -0.346 e. The standard InChI is InChI=1S/C15H19N5OS/c1-2-13-17-10-12(11-18-13)14(21)19-5-3-6-20(8-7-19)15-16-4-9-22-15/h4,9-11H,2-3,5-8H2,1H3. The molecule has 22 heavy (non-hydrogen) atoms. The first-order valence-electron chi connectivity index (χ1n) is 7.52. The molecule has 7 heteroatoms. The molecule has 0 saturated carbocycles. The lowest BCUT2D eigenvalue weighted by Crippen LogP contribution is -2.35. The number of carbonyl (C=O) groups is 1. The minimum atomic E-state index is 0.0173. The number of amides is 1. The van der Waals surface area contributed by atoms with Crippen molar-refractivity contribution in [1.82, 2.24) is 19.9 Å². The van der Waals surface area contributed by atoms with E-state index in [4.69, 9.17) is 0 Å². The van der Waals surface area contributed by atoms with E-state index in [9.17, 15) is 4.79 Å². The third-order valence-corrected chi connectivity index (χ3v) is 4.57. The Morgan fingerprint density at radius 3 is 2.68 bits per heavy atom. The van der Waals surface area contributed by atoms with E-state index in [0.717, 1.165) is 43.4 Å². The van der Waals surface area contributed by atoms with Crippen molar-refractivity contribution in [3.8, 4) is 0 Å². The lowest BCUT2D eigenvalue weighted by atomic mass is 10.2. The second-order valence-electron chi connectivity index (χ2n) is 5.19. The monoisotopic (exact) mass is 317 g/mol. The van der Waals surface area contributed by atoms with Crippen LogP contribution < -0.4 is 4.90 Å². The van der Waals surface area contributed by atoms with Crippen LogP contribution in [0.3, 0.4) is 0 Å². The summed E-state index contributed by atoms with van der Waals surface area (Å²) >= 11 is 1.64. The molecule has 2 aromatic heterocycles. The summed E-state index contributed by atoms with van der Waals surface area (Å²) < 4.78 is 0. The molecule has 0 atom stereocenters. The zero-order valence-electron chi connectivity index (χ0n) is 12.6. The molecule has 1 fully saturated rings. The van der Waals surface area contributed by atoms with Crippen molar-refractivity contribution in [2.24, 2.45) is 0 Å². The second-order valence-corrected chi connectivity index (χ2v) is 6.06. The molecule has 0 spiro atoms. The SMILES string of the molecule is CCc1ncc(C(=O)N2CCCN(c3nccs3)CC2)cn1. The Labute approximate surface area is 133 Å². The van der Waals surface area contributed by atoms with Crippen LogP contribution in [0, 0.1) is 0 Å². The van der Waals surface area contributed by atoms with E-state index in [-0.39, 0.29) is 5.91 Å². The van der Waals surface area contributed by atoms with Crippen LogP contribution in [-0.2, 0) is 6.42 Å². The van der Waals surface area contributed by atoms with Crippen molar-refractivity contribution >= 4 is 22.4 Å². The number of hydrogen-bond donors (Lipinski definition) is 0. The molecular formula is C15H19N5OS. The molecule has 0 bridgehead atoms. The largest absolute Gasteiger partial charge is 0.346 e. The van der Waals surface area contributed by atoms with Gasteiger partial charge in [0.15, 0.2) is 5.13 Å². The van der Waals surface area contributed by atoms with Crippen molar-refractivity contribution in [2.45, 2.75) is 19.8 Å². The molecule has 3 rings (SSSR count). The van der Waals surface area contributed by atoms with Gasteiger partial charge in [0.25, 0.3) is 5.91 Å². The zero-order valence-corrected chi connectivity index (χ0v) is 13.4. The number of thiazole rings is 1. The smallest absolute Gasteiger partial charge is 0.257 e. The number of carbonyl (C=O) groups excluding carboxylic acids is 1. The number of rotatable bonds is 3. The minimum absolute atomic E-state index is 0.0173. The summed E-state index contributed by atoms with van der Waals surface area (Å²) in [4.78, 5) is 29.5. The van der Waals surface area contributed by atoms with Crippen molar-refractivity contribution in [3.05, 3.63) is 35.4 Å². The van der Waals surface area contributed by atoms with Gasteiger partial charge in [-0.15, -0.1) is 11.3 Å². The Hall–Kier alpha value is -2.02. The van der Waals surface area contributed by atoms with E-state index in [1.165, 1.54) is 0 Å². The van der Waals surface area contributed by atoms with Crippen LogP contribution in [0.2, 0.25) is 0 Å². The maximum absolute atomic E-state index is 12.6.